The summed E-state index contributed by atoms with van der Waals surface area (Å²) in [7, 11) is 0. The van der Waals surface area contributed by atoms with Gasteiger partial charge in [-0.3, -0.25) is 0 Å². The lowest BCUT2D eigenvalue weighted by atomic mass is 10.3. The van der Waals surface area contributed by atoms with Gasteiger partial charge in [-0.1, -0.05) is 18.2 Å². The van der Waals surface area contributed by atoms with Crippen LogP contribution < -0.4 is 10.2 Å². The lowest BCUT2D eigenvalue weighted by Crippen LogP contribution is -2.52. The summed E-state index contributed by atoms with van der Waals surface area (Å²) in [5, 5.41) is 2.99. The first-order valence-corrected chi connectivity index (χ1v) is 9.04. The zero-order valence-electron chi connectivity index (χ0n) is 13.5. The number of aromatic nitrogens is 2. The molecule has 0 radical (unpaired) electrons. The summed E-state index contributed by atoms with van der Waals surface area (Å²) in [5.41, 5.74) is 0. The molecule has 1 saturated heterocycles. The average molecular weight is 343 g/mol. The minimum Gasteiger partial charge on any atom is -0.337 e. The number of piperazine rings is 1. The molecule has 0 bridgehead atoms. The molecule has 0 atom stereocenters. The van der Waals surface area contributed by atoms with Crippen molar-refractivity contribution in [1.29, 1.82) is 0 Å². The number of rotatable bonds is 5. The molecule has 6 nitrogen and oxygen atoms in total. The van der Waals surface area contributed by atoms with E-state index in [0.717, 1.165) is 24.8 Å². The molecule has 1 aromatic carbocycles. The number of hydrogen-bond acceptors (Lipinski definition) is 5. The van der Waals surface area contributed by atoms with E-state index in [0.29, 0.717) is 19.6 Å². The Kier molecular flexibility index (Phi) is 5.90. The molecule has 1 aliphatic heterocycles. The molecule has 2 aromatic rings. The van der Waals surface area contributed by atoms with E-state index in [4.69, 9.17) is 0 Å². The number of urea groups is 1. The predicted octanol–water partition coefficient (Wildman–Crippen LogP) is 2.10. The van der Waals surface area contributed by atoms with Crippen LogP contribution in [0.5, 0.6) is 0 Å². The SMILES string of the molecule is O=C(NCCSc1ccccc1)N1CCN(c2ncccn2)CC1. The third-order valence-electron chi connectivity index (χ3n) is 3.79. The molecular formula is C17H21N5OS. The van der Waals surface area contributed by atoms with Crippen LogP contribution in [0, 0.1) is 0 Å². The summed E-state index contributed by atoms with van der Waals surface area (Å²) in [4.78, 5) is 25.9. The standard InChI is InChI=1S/C17H21N5OS/c23-17(20-9-14-24-15-5-2-1-3-6-15)22-12-10-21(11-13-22)16-18-7-4-8-19-16/h1-8H,9-14H2,(H,20,23). The smallest absolute Gasteiger partial charge is 0.317 e. The van der Waals surface area contributed by atoms with Crippen molar-refractivity contribution in [2.45, 2.75) is 4.90 Å². The predicted molar refractivity (Wildman–Crippen MR) is 96.4 cm³/mol. The average Bonchev–Trinajstić information content (AvgIpc) is 2.67. The van der Waals surface area contributed by atoms with Crippen LogP contribution in [0.4, 0.5) is 10.7 Å². The fraction of sp³-hybridized carbons (Fsp3) is 0.353. The van der Waals surface area contributed by atoms with Gasteiger partial charge < -0.3 is 15.1 Å². The maximum Gasteiger partial charge on any atom is 0.317 e. The maximum absolute atomic E-state index is 12.2. The molecule has 126 valence electrons. The highest BCUT2D eigenvalue weighted by atomic mass is 32.2. The first-order chi connectivity index (χ1) is 11.8. The number of nitrogens with one attached hydrogen (secondary N) is 1. The van der Waals surface area contributed by atoms with Crippen LogP contribution in [0.2, 0.25) is 0 Å². The van der Waals surface area contributed by atoms with E-state index in [1.165, 1.54) is 4.90 Å². The van der Waals surface area contributed by atoms with E-state index in [-0.39, 0.29) is 6.03 Å². The minimum absolute atomic E-state index is 0.0114. The Balaban J connectivity index is 1.36. The van der Waals surface area contributed by atoms with Crippen molar-refractivity contribution in [3.05, 3.63) is 48.8 Å². The summed E-state index contributed by atoms with van der Waals surface area (Å²) in [5.74, 6) is 1.60. The largest absolute Gasteiger partial charge is 0.337 e. The van der Waals surface area contributed by atoms with Gasteiger partial charge in [0.25, 0.3) is 0 Å². The van der Waals surface area contributed by atoms with Crippen LogP contribution in [-0.2, 0) is 0 Å². The van der Waals surface area contributed by atoms with E-state index < -0.39 is 0 Å². The third kappa shape index (κ3) is 4.61. The van der Waals surface area contributed by atoms with Crippen LogP contribution in [0.15, 0.2) is 53.7 Å². The monoisotopic (exact) mass is 343 g/mol. The normalized spacial score (nSPS) is 14.5. The number of carbonyl (C=O) groups excluding carboxylic acids is 1. The molecule has 0 saturated carbocycles. The Bertz CT molecular complexity index is 632. The van der Waals surface area contributed by atoms with Crippen molar-refractivity contribution in [3.63, 3.8) is 0 Å². The maximum atomic E-state index is 12.2. The first-order valence-electron chi connectivity index (χ1n) is 8.05. The fourth-order valence-corrected chi connectivity index (χ4v) is 3.31. The lowest BCUT2D eigenvalue weighted by Gasteiger charge is -2.34. The van der Waals surface area contributed by atoms with E-state index >= 15 is 0 Å². The quantitative estimate of drug-likeness (QED) is 0.665. The highest BCUT2D eigenvalue weighted by Gasteiger charge is 2.21. The van der Waals surface area contributed by atoms with Crippen molar-refractivity contribution >= 4 is 23.7 Å². The molecule has 2 amide bonds. The number of hydrogen-bond donors (Lipinski definition) is 1. The second-order valence-corrected chi connectivity index (χ2v) is 6.58. The van der Waals surface area contributed by atoms with Gasteiger partial charge in [-0.05, 0) is 18.2 Å². The molecule has 1 N–H and O–H groups in total. The van der Waals surface area contributed by atoms with Crippen LogP contribution in [0.25, 0.3) is 0 Å². The highest BCUT2D eigenvalue weighted by molar-refractivity contribution is 7.99. The van der Waals surface area contributed by atoms with Gasteiger partial charge in [0.2, 0.25) is 5.95 Å². The van der Waals surface area contributed by atoms with Crippen molar-refractivity contribution in [1.82, 2.24) is 20.2 Å². The van der Waals surface area contributed by atoms with Crippen LogP contribution in [0.3, 0.4) is 0 Å². The van der Waals surface area contributed by atoms with Crippen molar-refractivity contribution in [2.75, 3.05) is 43.4 Å². The first kappa shape index (κ1) is 16.6. The summed E-state index contributed by atoms with van der Waals surface area (Å²) in [6, 6.07) is 12.0. The number of thioether (sulfide) groups is 1. The van der Waals surface area contributed by atoms with Gasteiger partial charge in [0.05, 0.1) is 0 Å². The van der Waals surface area contributed by atoms with Gasteiger partial charge >= 0.3 is 6.03 Å². The Labute approximate surface area is 146 Å². The summed E-state index contributed by atoms with van der Waals surface area (Å²) >= 11 is 1.75. The number of benzene rings is 1. The van der Waals surface area contributed by atoms with E-state index in [2.05, 4.69) is 32.3 Å². The number of anilines is 1. The Morgan fingerprint density at radius 3 is 2.46 bits per heavy atom. The second kappa shape index (κ2) is 8.54. The van der Waals surface area contributed by atoms with Crippen molar-refractivity contribution < 1.29 is 4.79 Å². The van der Waals surface area contributed by atoms with Gasteiger partial charge in [0.15, 0.2) is 0 Å². The fourth-order valence-electron chi connectivity index (χ4n) is 2.52. The molecule has 1 fully saturated rings. The molecule has 1 aliphatic rings. The second-order valence-electron chi connectivity index (χ2n) is 5.42. The number of amides is 2. The zero-order valence-corrected chi connectivity index (χ0v) is 14.3. The van der Waals surface area contributed by atoms with Gasteiger partial charge in [0.1, 0.15) is 0 Å². The van der Waals surface area contributed by atoms with Crippen molar-refractivity contribution in [2.24, 2.45) is 0 Å². The Morgan fingerprint density at radius 2 is 1.75 bits per heavy atom. The molecular weight excluding hydrogens is 322 g/mol. The third-order valence-corrected chi connectivity index (χ3v) is 4.81. The summed E-state index contributed by atoms with van der Waals surface area (Å²) in [6.07, 6.45) is 3.48. The molecule has 7 heteroatoms. The van der Waals surface area contributed by atoms with Crippen LogP contribution in [0.1, 0.15) is 0 Å². The Morgan fingerprint density at radius 1 is 1.04 bits per heavy atom. The van der Waals surface area contributed by atoms with Gasteiger partial charge in [-0.2, -0.15) is 0 Å². The molecule has 0 unspecified atom stereocenters. The van der Waals surface area contributed by atoms with E-state index in [1.807, 2.05) is 23.1 Å². The summed E-state index contributed by atoms with van der Waals surface area (Å²) < 4.78 is 0. The number of carbonyl (C=O) groups is 1. The van der Waals surface area contributed by atoms with Crippen molar-refractivity contribution in [3.8, 4) is 0 Å². The molecule has 0 spiro atoms. The zero-order chi connectivity index (χ0) is 16.6. The van der Waals surface area contributed by atoms with Gasteiger partial charge in [0, 0.05) is 55.8 Å². The minimum atomic E-state index is 0.0114. The van der Waals surface area contributed by atoms with Gasteiger partial charge in [-0.25, -0.2) is 14.8 Å². The molecule has 24 heavy (non-hydrogen) atoms. The Hall–Kier alpha value is -2.28. The van der Waals surface area contributed by atoms with Gasteiger partial charge in [-0.15, -0.1) is 11.8 Å². The lowest BCUT2D eigenvalue weighted by molar-refractivity contribution is 0.195. The highest BCUT2D eigenvalue weighted by Crippen LogP contribution is 2.16. The molecule has 3 rings (SSSR count). The van der Waals surface area contributed by atoms with Crippen LogP contribution in [-0.4, -0.2) is 59.4 Å². The number of nitrogens with zero attached hydrogens (tertiary/aromatic N) is 4. The summed E-state index contributed by atoms with van der Waals surface area (Å²) in [6.45, 7) is 3.57. The molecule has 0 aliphatic carbocycles. The molecule has 1 aromatic heterocycles. The van der Waals surface area contributed by atoms with E-state index in [1.54, 1.807) is 30.2 Å². The van der Waals surface area contributed by atoms with Crippen LogP contribution >= 0.6 is 11.8 Å². The molecule has 2 heterocycles. The topological polar surface area (TPSA) is 61.4 Å². The van der Waals surface area contributed by atoms with E-state index in [9.17, 15) is 4.79 Å².